The lowest BCUT2D eigenvalue weighted by atomic mass is 10.0. The van der Waals surface area contributed by atoms with Crippen LogP contribution in [0.4, 0.5) is 11.4 Å². The van der Waals surface area contributed by atoms with E-state index in [0.717, 1.165) is 29.9 Å². The zero-order chi connectivity index (χ0) is 14.7. The molecule has 0 saturated heterocycles. The van der Waals surface area contributed by atoms with Gasteiger partial charge in [0.2, 0.25) is 0 Å². The lowest BCUT2D eigenvalue weighted by Crippen LogP contribution is -2.05. The second-order valence-corrected chi connectivity index (χ2v) is 4.41. The van der Waals surface area contributed by atoms with Crippen LogP contribution < -0.4 is 10.6 Å². The normalized spacial score (nSPS) is 10.5. The minimum Gasteiger partial charge on any atom is -0.506 e. The molecule has 0 aliphatic carbocycles. The van der Waals surface area contributed by atoms with E-state index in [4.69, 9.17) is 5.11 Å². The first-order valence-corrected chi connectivity index (χ1v) is 6.59. The molecule has 0 aromatic heterocycles. The molecule has 0 fully saturated rings. The topological polar surface area (TPSA) is 81.6 Å². The zero-order valence-electron chi connectivity index (χ0n) is 11.5. The van der Waals surface area contributed by atoms with Crippen molar-refractivity contribution < 1.29 is 15.0 Å². The highest BCUT2D eigenvalue weighted by atomic mass is 16.4. The molecule has 2 aromatic carbocycles. The van der Waals surface area contributed by atoms with Crippen molar-refractivity contribution in [1.82, 2.24) is 0 Å². The van der Waals surface area contributed by atoms with Crippen LogP contribution in [-0.4, -0.2) is 29.3 Å². The Balaban J connectivity index is 2.71. The van der Waals surface area contributed by atoms with Crippen molar-refractivity contribution in [3.8, 4) is 5.75 Å². The Hall–Kier alpha value is -2.43. The largest absolute Gasteiger partial charge is 0.506 e. The first-order chi connectivity index (χ1) is 9.60. The summed E-state index contributed by atoms with van der Waals surface area (Å²) >= 11 is 0. The average molecular weight is 274 g/mol. The van der Waals surface area contributed by atoms with Crippen LogP contribution in [0, 0.1) is 0 Å². The summed E-state index contributed by atoms with van der Waals surface area (Å²) in [5.41, 5.74) is 1.72. The molecule has 0 unspecified atom stereocenters. The maximum atomic E-state index is 11.1. The Labute approximate surface area is 117 Å². The third-order valence-electron chi connectivity index (χ3n) is 3.12. The Bertz CT molecular complexity index is 653. The highest BCUT2D eigenvalue weighted by Gasteiger charge is 2.15. The van der Waals surface area contributed by atoms with Gasteiger partial charge in [0.15, 0.2) is 0 Å². The van der Waals surface area contributed by atoms with Crippen molar-refractivity contribution in [3.63, 3.8) is 0 Å². The SMILES string of the molecule is CCNc1ccc2c(O)c(C(=O)O)ccc2c1NCC. The molecule has 0 atom stereocenters. The van der Waals surface area contributed by atoms with Crippen LogP contribution >= 0.6 is 0 Å². The van der Waals surface area contributed by atoms with Gasteiger partial charge in [0.1, 0.15) is 11.3 Å². The van der Waals surface area contributed by atoms with Gasteiger partial charge in [-0.25, -0.2) is 4.79 Å². The molecule has 5 nitrogen and oxygen atoms in total. The van der Waals surface area contributed by atoms with Gasteiger partial charge in [-0.3, -0.25) is 0 Å². The molecule has 4 N–H and O–H groups in total. The number of anilines is 2. The molecule has 2 rings (SSSR count). The molecule has 0 aliphatic rings. The van der Waals surface area contributed by atoms with E-state index in [0.29, 0.717) is 5.39 Å². The van der Waals surface area contributed by atoms with Crippen LogP contribution in [0.3, 0.4) is 0 Å². The van der Waals surface area contributed by atoms with Crippen molar-refractivity contribution in [1.29, 1.82) is 0 Å². The number of rotatable bonds is 5. The predicted molar refractivity (Wildman–Crippen MR) is 80.9 cm³/mol. The fourth-order valence-corrected chi connectivity index (χ4v) is 2.27. The van der Waals surface area contributed by atoms with Crippen molar-refractivity contribution in [2.75, 3.05) is 23.7 Å². The van der Waals surface area contributed by atoms with E-state index in [1.165, 1.54) is 6.07 Å². The maximum absolute atomic E-state index is 11.1. The molecule has 0 bridgehead atoms. The number of carboxylic acids is 1. The molecule has 20 heavy (non-hydrogen) atoms. The van der Waals surface area contributed by atoms with Gasteiger partial charge in [0.25, 0.3) is 0 Å². The molecule has 0 spiro atoms. The molecule has 2 aromatic rings. The summed E-state index contributed by atoms with van der Waals surface area (Å²) in [7, 11) is 0. The van der Waals surface area contributed by atoms with Crippen molar-refractivity contribution in [2.24, 2.45) is 0 Å². The summed E-state index contributed by atoms with van der Waals surface area (Å²) in [6.45, 7) is 5.51. The van der Waals surface area contributed by atoms with Crippen molar-refractivity contribution in [2.45, 2.75) is 13.8 Å². The number of carboxylic acid groups (broad SMARTS) is 1. The summed E-state index contributed by atoms with van der Waals surface area (Å²) in [5, 5.41) is 27.0. The third-order valence-corrected chi connectivity index (χ3v) is 3.12. The van der Waals surface area contributed by atoms with Gasteiger partial charge in [0.05, 0.1) is 11.4 Å². The van der Waals surface area contributed by atoms with E-state index in [-0.39, 0.29) is 11.3 Å². The molecule has 0 amide bonds. The Morgan fingerprint density at radius 2 is 1.70 bits per heavy atom. The number of phenols is 1. The van der Waals surface area contributed by atoms with Crippen LogP contribution in [0.5, 0.6) is 5.75 Å². The third kappa shape index (κ3) is 2.34. The van der Waals surface area contributed by atoms with Gasteiger partial charge in [-0.1, -0.05) is 6.07 Å². The van der Waals surface area contributed by atoms with Crippen LogP contribution in [0.15, 0.2) is 24.3 Å². The van der Waals surface area contributed by atoms with Gasteiger partial charge in [0, 0.05) is 23.9 Å². The smallest absolute Gasteiger partial charge is 0.339 e. The number of aromatic carboxylic acids is 1. The van der Waals surface area contributed by atoms with E-state index in [1.54, 1.807) is 12.1 Å². The number of benzene rings is 2. The number of hydrogen-bond donors (Lipinski definition) is 4. The first-order valence-electron chi connectivity index (χ1n) is 6.59. The van der Waals surface area contributed by atoms with Crippen LogP contribution in [0.1, 0.15) is 24.2 Å². The molecule has 0 saturated carbocycles. The highest BCUT2D eigenvalue weighted by molar-refractivity contribution is 6.07. The molecule has 5 heteroatoms. The van der Waals surface area contributed by atoms with E-state index < -0.39 is 5.97 Å². The fraction of sp³-hybridized carbons (Fsp3) is 0.267. The minimum atomic E-state index is -1.13. The standard InChI is InChI=1S/C15H18N2O3/c1-3-16-12-8-7-10-9(13(12)17-4-2)5-6-11(14(10)18)15(19)20/h5-8,16-18H,3-4H2,1-2H3,(H,19,20). The summed E-state index contributed by atoms with van der Waals surface area (Å²) in [5.74, 6) is -1.33. The van der Waals surface area contributed by atoms with Gasteiger partial charge >= 0.3 is 5.97 Å². The van der Waals surface area contributed by atoms with Gasteiger partial charge in [-0.05, 0) is 32.0 Å². The number of nitrogens with one attached hydrogen (secondary N) is 2. The summed E-state index contributed by atoms with van der Waals surface area (Å²) < 4.78 is 0. The monoisotopic (exact) mass is 274 g/mol. The van der Waals surface area contributed by atoms with E-state index in [1.807, 2.05) is 19.9 Å². The van der Waals surface area contributed by atoms with Crippen molar-refractivity contribution >= 4 is 28.1 Å². The summed E-state index contributed by atoms with van der Waals surface area (Å²) in [4.78, 5) is 11.1. The van der Waals surface area contributed by atoms with E-state index >= 15 is 0 Å². The summed E-state index contributed by atoms with van der Waals surface area (Å²) in [6, 6.07) is 6.72. The van der Waals surface area contributed by atoms with Crippen LogP contribution in [-0.2, 0) is 0 Å². The predicted octanol–water partition coefficient (Wildman–Crippen LogP) is 3.11. The quantitative estimate of drug-likeness (QED) is 0.673. The van der Waals surface area contributed by atoms with E-state index in [9.17, 15) is 9.90 Å². The number of carbonyl (C=O) groups is 1. The van der Waals surface area contributed by atoms with E-state index in [2.05, 4.69) is 10.6 Å². The number of hydrogen-bond acceptors (Lipinski definition) is 4. The van der Waals surface area contributed by atoms with Gasteiger partial charge in [-0.2, -0.15) is 0 Å². The number of fused-ring (bicyclic) bond motifs is 1. The fourth-order valence-electron chi connectivity index (χ4n) is 2.27. The zero-order valence-corrected chi connectivity index (χ0v) is 11.5. The second-order valence-electron chi connectivity index (χ2n) is 4.41. The van der Waals surface area contributed by atoms with Gasteiger partial charge in [-0.15, -0.1) is 0 Å². The lowest BCUT2D eigenvalue weighted by Gasteiger charge is -2.16. The number of aromatic hydroxyl groups is 1. The first kappa shape index (κ1) is 14.0. The Morgan fingerprint density at radius 1 is 1.05 bits per heavy atom. The Kier molecular flexibility index (Phi) is 3.98. The lowest BCUT2D eigenvalue weighted by molar-refractivity contribution is 0.0694. The Morgan fingerprint density at radius 3 is 2.30 bits per heavy atom. The molecule has 106 valence electrons. The van der Waals surface area contributed by atoms with Gasteiger partial charge < -0.3 is 20.8 Å². The molecular formula is C15H18N2O3. The molecule has 0 aliphatic heterocycles. The molecular weight excluding hydrogens is 256 g/mol. The summed E-state index contributed by atoms with van der Waals surface area (Å²) in [6.07, 6.45) is 0. The minimum absolute atomic E-state index is 0.0869. The highest BCUT2D eigenvalue weighted by Crippen LogP contribution is 2.37. The average Bonchev–Trinajstić information content (AvgIpc) is 2.41. The second kappa shape index (κ2) is 5.69. The molecule has 0 radical (unpaired) electrons. The molecule has 0 heterocycles. The van der Waals surface area contributed by atoms with Crippen LogP contribution in [0.2, 0.25) is 0 Å². The van der Waals surface area contributed by atoms with Crippen molar-refractivity contribution in [3.05, 3.63) is 29.8 Å². The van der Waals surface area contributed by atoms with Crippen LogP contribution in [0.25, 0.3) is 10.8 Å². The maximum Gasteiger partial charge on any atom is 0.339 e.